The molecule has 0 bridgehead atoms. The Labute approximate surface area is 127 Å². The van der Waals surface area contributed by atoms with Gasteiger partial charge in [-0.1, -0.05) is 24.3 Å². The molecule has 6 nitrogen and oxygen atoms in total. The van der Waals surface area contributed by atoms with Crippen molar-refractivity contribution in [3.05, 3.63) is 24.3 Å². The van der Waals surface area contributed by atoms with Gasteiger partial charge in [-0.05, 0) is 25.7 Å². The number of fused-ring (bicyclic) bond motifs is 2. The first kappa shape index (κ1) is 14.7. The van der Waals surface area contributed by atoms with E-state index in [1.165, 1.54) is 0 Å². The molecule has 2 saturated heterocycles. The van der Waals surface area contributed by atoms with E-state index >= 15 is 0 Å². The van der Waals surface area contributed by atoms with Crippen molar-refractivity contribution in [2.24, 2.45) is 23.7 Å². The van der Waals surface area contributed by atoms with Crippen LogP contribution in [0.4, 0.5) is 0 Å². The van der Waals surface area contributed by atoms with Crippen molar-refractivity contribution < 1.29 is 28.7 Å². The molecular formula is C16H16O6. The van der Waals surface area contributed by atoms with Gasteiger partial charge in [-0.15, -0.1) is 0 Å². The SMILES string of the molecule is O=C1OC(=O)[C@@H]2CC=CC[C@H]12.O=C1OC(=O)[C@@H]2CC=CC[C@H]12. The van der Waals surface area contributed by atoms with Gasteiger partial charge in [0.25, 0.3) is 0 Å². The molecule has 0 amide bonds. The number of rotatable bonds is 0. The number of ether oxygens (including phenoxy) is 2. The van der Waals surface area contributed by atoms with Crippen LogP contribution in [-0.4, -0.2) is 23.9 Å². The number of hydrogen-bond donors (Lipinski definition) is 0. The highest BCUT2D eigenvalue weighted by Gasteiger charge is 2.44. The maximum absolute atomic E-state index is 10.9. The van der Waals surface area contributed by atoms with E-state index in [9.17, 15) is 19.2 Å². The van der Waals surface area contributed by atoms with Crippen molar-refractivity contribution in [2.75, 3.05) is 0 Å². The molecule has 2 heterocycles. The molecule has 2 fully saturated rings. The highest BCUT2D eigenvalue weighted by Crippen LogP contribution is 2.33. The number of allylic oxidation sites excluding steroid dienone is 4. The lowest BCUT2D eigenvalue weighted by Crippen LogP contribution is -2.18. The molecule has 6 heteroatoms. The van der Waals surface area contributed by atoms with Crippen molar-refractivity contribution >= 4 is 23.9 Å². The Morgan fingerprint density at radius 3 is 1.00 bits per heavy atom. The van der Waals surface area contributed by atoms with Crippen LogP contribution in [0.3, 0.4) is 0 Å². The highest BCUT2D eigenvalue weighted by molar-refractivity contribution is 5.97. The van der Waals surface area contributed by atoms with Gasteiger partial charge in [-0.3, -0.25) is 19.2 Å². The van der Waals surface area contributed by atoms with Gasteiger partial charge in [0.05, 0.1) is 23.7 Å². The summed E-state index contributed by atoms with van der Waals surface area (Å²) >= 11 is 0. The second-order valence-electron chi connectivity index (χ2n) is 5.79. The summed E-state index contributed by atoms with van der Waals surface area (Å²) in [5, 5.41) is 0. The molecule has 0 N–H and O–H groups in total. The van der Waals surface area contributed by atoms with Crippen LogP contribution < -0.4 is 0 Å². The summed E-state index contributed by atoms with van der Waals surface area (Å²) in [5.41, 5.74) is 0. The minimum atomic E-state index is -0.343. The zero-order valence-electron chi connectivity index (χ0n) is 11.9. The Morgan fingerprint density at radius 2 is 0.773 bits per heavy atom. The van der Waals surface area contributed by atoms with Crippen molar-refractivity contribution in [1.29, 1.82) is 0 Å². The zero-order valence-corrected chi connectivity index (χ0v) is 11.9. The number of carbonyl (C=O) groups excluding carboxylic acids is 4. The maximum atomic E-state index is 10.9. The lowest BCUT2D eigenvalue weighted by Gasteiger charge is -2.12. The van der Waals surface area contributed by atoms with E-state index in [2.05, 4.69) is 9.47 Å². The van der Waals surface area contributed by atoms with Gasteiger partial charge in [0.1, 0.15) is 0 Å². The van der Waals surface area contributed by atoms with Crippen LogP contribution in [-0.2, 0) is 28.7 Å². The van der Waals surface area contributed by atoms with Crippen LogP contribution in [0.15, 0.2) is 24.3 Å². The van der Waals surface area contributed by atoms with Gasteiger partial charge in [-0.25, -0.2) is 0 Å². The Morgan fingerprint density at radius 1 is 0.545 bits per heavy atom. The number of carbonyl (C=O) groups is 4. The molecule has 0 radical (unpaired) electrons. The Hall–Kier alpha value is -2.24. The average Bonchev–Trinajstić information content (AvgIpc) is 2.99. The van der Waals surface area contributed by atoms with Gasteiger partial charge in [0, 0.05) is 0 Å². The summed E-state index contributed by atoms with van der Waals surface area (Å²) < 4.78 is 8.98. The molecule has 4 atom stereocenters. The molecule has 0 unspecified atom stereocenters. The first-order valence-electron chi connectivity index (χ1n) is 7.39. The Balaban J connectivity index is 0.000000131. The average molecular weight is 304 g/mol. The second-order valence-corrected chi connectivity index (χ2v) is 5.79. The topological polar surface area (TPSA) is 86.7 Å². The van der Waals surface area contributed by atoms with E-state index in [0.717, 1.165) is 0 Å². The fraction of sp³-hybridized carbons (Fsp3) is 0.500. The molecule has 0 aromatic heterocycles. The van der Waals surface area contributed by atoms with Gasteiger partial charge in [0.2, 0.25) is 0 Å². The molecule has 2 aliphatic carbocycles. The van der Waals surface area contributed by atoms with E-state index in [1.807, 2.05) is 24.3 Å². The number of esters is 4. The number of cyclic esters (lactones) is 4. The molecule has 116 valence electrons. The normalized spacial score (nSPS) is 35.3. The summed E-state index contributed by atoms with van der Waals surface area (Å²) in [7, 11) is 0. The van der Waals surface area contributed by atoms with Crippen LogP contribution in [0.2, 0.25) is 0 Å². The lowest BCUT2D eigenvalue weighted by molar-refractivity contribution is -0.155. The molecule has 2 aliphatic heterocycles. The Kier molecular flexibility index (Phi) is 3.92. The number of hydrogen-bond acceptors (Lipinski definition) is 6. The quantitative estimate of drug-likeness (QED) is 0.381. The fourth-order valence-corrected chi connectivity index (χ4v) is 3.17. The van der Waals surface area contributed by atoms with Crippen LogP contribution in [0, 0.1) is 23.7 Å². The molecule has 4 rings (SSSR count). The third-order valence-electron chi connectivity index (χ3n) is 4.48. The van der Waals surface area contributed by atoms with Crippen LogP contribution in [0.1, 0.15) is 25.7 Å². The molecular weight excluding hydrogens is 288 g/mol. The third kappa shape index (κ3) is 2.61. The molecule has 22 heavy (non-hydrogen) atoms. The van der Waals surface area contributed by atoms with Gasteiger partial charge in [0.15, 0.2) is 0 Å². The molecule has 0 saturated carbocycles. The summed E-state index contributed by atoms with van der Waals surface area (Å²) in [4.78, 5) is 43.8. The van der Waals surface area contributed by atoms with Crippen molar-refractivity contribution in [3.8, 4) is 0 Å². The van der Waals surface area contributed by atoms with E-state index in [-0.39, 0.29) is 47.5 Å². The summed E-state index contributed by atoms with van der Waals surface area (Å²) in [5.74, 6) is -2.12. The molecule has 0 spiro atoms. The smallest absolute Gasteiger partial charge is 0.317 e. The summed E-state index contributed by atoms with van der Waals surface area (Å²) in [6.45, 7) is 0. The maximum Gasteiger partial charge on any atom is 0.317 e. The standard InChI is InChI=1S/2C8H8O3/c2*9-7-5-3-1-2-4-6(5)8(10)11-7/h2*1-2,5-6H,3-4H2/t2*5-,6+. The monoisotopic (exact) mass is 304 g/mol. The van der Waals surface area contributed by atoms with Crippen molar-refractivity contribution in [3.63, 3.8) is 0 Å². The molecule has 0 aromatic rings. The minimum Gasteiger partial charge on any atom is -0.393 e. The first-order valence-corrected chi connectivity index (χ1v) is 7.39. The van der Waals surface area contributed by atoms with E-state index in [1.54, 1.807) is 0 Å². The first-order chi connectivity index (χ1) is 10.6. The van der Waals surface area contributed by atoms with Crippen molar-refractivity contribution in [1.82, 2.24) is 0 Å². The van der Waals surface area contributed by atoms with Crippen LogP contribution >= 0.6 is 0 Å². The highest BCUT2D eigenvalue weighted by atomic mass is 16.6. The van der Waals surface area contributed by atoms with Crippen LogP contribution in [0.5, 0.6) is 0 Å². The van der Waals surface area contributed by atoms with Gasteiger partial charge >= 0.3 is 23.9 Å². The van der Waals surface area contributed by atoms with E-state index < -0.39 is 0 Å². The zero-order chi connectivity index (χ0) is 15.7. The van der Waals surface area contributed by atoms with Gasteiger partial charge in [-0.2, -0.15) is 0 Å². The third-order valence-corrected chi connectivity index (χ3v) is 4.48. The van der Waals surface area contributed by atoms with E-state index in [4.69, 9.17) is 0 Å². The predicted octanol–water partition coefficient (Wildman–Crippen LogP) is 1.30. The van der Waals surface area contributed by atoms with Crippen LogP contribution in [0.25, 0.3) is 0 Å². The molecule has 0 aromatic carbocycles. The summed E-state index contributed by atoms with van der Waals surface area (Å²) in [6.07, 6.45) is 10.4. The molecule has 4 aliphatic rings. The second kappa shape index (κ2) is 5.87. The minimum absolute atomic E-state index is 0.188. The Bertz CT molecular complexity index is 487. The van der Waals surface area contributed by atoms with Gasteiger partial charge < -0.3 is 9.47 Å². The lowest BCUT2D eigenvalue weighted by atomic mass is 9.85. The predicted molar refractivity (Wildman–Crippen MR) is 72.9 cm³/mol. The van der Waals surface area contributed by atoms with Crippen molar-refractivity contribution in [2.45, 2.75) is 25.7 Å². The van der Waals surface area contributed by atoms with E-state index in [0.29, 0.717) is 25.7 Å². The fourth-order valence-electron chi connectivity index (χ4n) is 3.17. The summed E-state index contributed by atoms with van der Waals surface area (Å²) in [6, 6.07) is 0. The largest absolute Gasteiger partial charge is 0.393 e.